The van der Waals surface area contributed by atoms with Crippen LogP contribution in [0.15, 0.2) is 48.6 Å². The lowest BCUT2D eigenvalue weighted by Gasteiger charge is -2.38. The van der Waals surface area contributed by atoms with Crippen molar-refractivity contribution < 1.29 is 9.53 Å². The predicted molar refractivity (Wildman–Crippen MR) is 100 cm³/mol. The highest BCUT2D eigenvalue weighted by Crippen LogP contribution is 2.52. The van der Waals surface area contributed by atoms with Crippen molar-refractivity contribution in [3.63, 3.8) is 0 Å². The summed E-state index contributed by atoms with van der Waals surface area (Å²) in [7, 11) is 1.40. The van der Waals surface area contributed by atoms with Gasteiger partial charge in [0, 0.05) is 22.2 Å². The van der Waals surface area contributed by atoms with E-state index in [0.717, 1.165) is 17.1 Å². The van der Waals surface area contributed by atoms with Crippen LogP contribution in [-0.2, 0) is 4.74 Å². The van der Waals surface area contributed by atoms with E-state index in [-0.39, 0.29) is 12.0 Å². The number of esters is 1. The van der Waals surface area contributed by atoms with Crippen LogP contribution >= 0.6 is 11.6 Å². The molecule has 4 heteroatoms. The molecule has 1 aliphatic heterocycles. The van der Waals surface area contributed by atoms with Crippen molar-refractivity contribution in [3.8, 4) is 0 Å². The Balaban J connectivity index is 1.74. The quantitative estimate of drug-likeness (QED) is 0.591. The molecular formula is C21H20ClNO2. The Morgan fingerprint density at radius 2 is 1.96 bits per heavy atom. The summed E-state index contributed by atoms with van der Waals surface area (Å²) < 4.78 is 4.79. The van der Waals surface area contributed by atoms with Crippen LogP contribution in [0.3, 0.4) is 0 Å². The Bertz CT molecular complexity index is 857. The molecule has 2 aromatic rings. The summed E-state index contributed by atoms with van der Waals surface area (Å²) >= 11 is 6.52. The van der Waals surface area contributed by atoms with Crippen molar-refractivity contribution >= 4 is 23.3 Å². The van der Waals surface area contributed by atoms with Gasteiger partial charge in [-0.25, -0.2) is 4.79 Å². The number of benzene rings is 2. The van der Waals surface area contributed by atoms with Gasteiger partial charge in [0.1, 0.15) is 0 Å². The number of anilines is 1. The largest absolute Gasteiger partial charge is 0.465 e. The maximum atomic E-state index is 11.7. The van der Waals surface area contributed by atoms with Gasteiger partial charge < -0.3 is 10.1 Å². The first-order chi connectivity index (χ1) is 12.1. The zero-order valence-corrected chi connectivity index (χ0v) is 15.0. The number of halogens is 1. The first kappa shape index (κ1) is 16.2. The van der Waals surface area contributed by atoms with Gasteiger partial charge in [-0.3, -0.25) is 0 Å². The average molecular weight is 354 g/mol. The number of hydrogen-bond acceptors (Lipinski definition) is 3. The molecule has 0 bridgehead atoms. The van der Waals surface area contributed by atoms with E-state index in [4.69, 9.17) is 16.3 Å². The van der Waals surface area contributed by atoms with E-state index in [0.29, 0.717) is 17.4 Å². The molecule has 3 atom stereocenters. The molecule has 0 fully saturated rings. The molecule has 3 nitrogen and oxygen atoms in total. The summed E-state index contributed by atoms with van der Waals surface area (Å²) in [5, 5.41) is 4.54. The Labute approximate surface area is 152 Å². The van der Waals surface area contributed by atoms with Gasteiger partial charge in [0.15, 0.2) is 0 Å². The van der Waals surface area contributed by atoms with Crippen LogP contribution in [-0.4, -0.2) is 13.1 Å². The molecule has 0 saturated carbocycles. The molecule has 1 aliphatic carbocycles. The maximum Gasteiger partial charge on any atom is 0.337 e. The number of carbonyl (C=O) groups excluding carboxylic acids is 1. The van der Waals surface area contributed by atoms with Gasteiger partial charge >= 0.3 is 5.97 Å². The monoisotopic (exact) mass is 353 g/mol. The fraction of sp³-hybridized carbons (Fsp3) is 0.286. The number of fused-ring (bicyclic) bond motifs is 3. The molecule has 0 radical (unpaired) electrons. The summed E-state index contributed by atoms with van der Waals surface area (Å²) in [5.41, 5.74) is 5.30. The second-order valence-electron chi connectivity index (χ2n) is 6.74. The lowest BCUT2D eigenvalue weighted by molar-refractivity contribution is 0.0600. The summed E-state index contributed by atoms with van der Waals surface area (Å²) in [5.74, 6) is 0.446. The van der Waals surface area contributed by atoms with Crippen molar-refractivity contribution in [1.29, 1.82) is 0 Å². The van der Waals surface area contributed by atoms with Gasteiger partial charge in [-0.15, -0.1) is 0 Å². The first-order valence-electron chi connectivity index (χ1n) is 8.50. The van der Waals surface area contributed by atoms with Crippen molar-refractivity contribution in [1.82, 2.24) is 0 Å². The molecular weight excluding hydrogens is 334 g/mol. The van der Waals surface area contributed by atoms with Crippen LogP contribution in [0.25, 0.3) is 0 Å². The van der Waals surface area contributed by atoms with Crippen LogP contribution in [0.1, 0.15) is 45.4 Å². The fourth-order valence-electron chi connectivity index (χ4n) is 4.08. The first-order valence-corrected chi connectivity index (χ1v) is 8.88. The molecule has 0 spiro atoms. The number of carbonyl (C=O) groups is 1. The zero-order chi connectivity index (χ0) is 17.6. The van der Waals surface area contributed by atoms with Crippen LogP contribution in [0.2, 0.25) is 5.02 Å². The molecule has 128 valence electrons. The fourth-order valence-corrected chi connectivity index (χ4v) is 4.37. The second kappa shape index (κ2) is 6.23. The summed E-state index contributed by atoms with van der Waals surface area (Å²) in [6, 6.07) is 11.9. The van der Waals surface area contributed by atoms with Gasteiger partial charge in [-0.1, -0.05) is 42.0 Å². The zero-order valence-electron chi connectivity index (χ0n) is 14.3. The molecule has 0 saturated heterocycles. The Hall–Kier alpha value is -2.26. The molecule has 4 rings (SSSR count). The van der Waals surface area contributed by atoms with Gasteiger partial charge in [0.25, 0.3) is 0 Å². The van der Waals surface area contributed by atoms with Crippen molar-refractivity contribution in [2.75, 3.05) is 12.4 Å². The van der Waals surface area contributed by atoms with Gasteiger partial charge in [0.05, 0.1) is 18.7 Å². The SMILES string of the molecule is COC(=O)c1ccc([C@@H]2Nc3c(C)ccc(Cl)c3[C@H]3C=CC[C@H]32)cc1. The molecule has 25 heavy (non-hydrogen) atoms. The molecule has 1 N–H and O–H groups in total. The van der Waals surface area contributed by atoms with Crippen molar-refractivity contribution in [2.45, 2.75) is 25.3 Å². The van der Waals surface area contributed by atoms with E-state index in [2.05, 4.69) is 30.5 Å². The van der Waals surface area contributed by atoms with Crippen molar-refractivity contribution in [2.24, 2.45) is 5.92 Å². The number of methoxy groups -OCH3 is 1. The van der Waals surface area contributed by atoms with Crippen LogP contribution < -0.4 is 5.32 Å². The standard InChI is InChI=1S/C21H20ClNO2/c1-12-6-11-17(22)18-15-4-3-5-16(15)20(23-19(12)18)13-7-9-14(10-8-13)21(24)25-2/h3-4,6-11,15-16,20,23H,5H2,1-2H3/t15-,16+,20-/m0/s1. The third-order valence-electron chi connectivity index (χ3n) is 5.37. The molecule has 2 aromatic carbocycles. The average Bonchev–Trinajstić information content (AvgIpc) is 3.13. The summed E-state index contributed by atoms with van der Waals surface area (Å²) in [4.78, 5) is 11.7. The van der Waals surface area contributed by atoms with Crippen LogP contribution in [0.5, 0.6) is 0 Å². The number of hydrogen-bond donors (Lipinski definition) is 1. The van der Waals surface area contributed by atoms with Gasteiger partial charge in [-0.05, 0) is 48.6 Å². The number of rotatable bonds is 2. The van der Waals surface area contributed by atoms with E-state index in [1.54, 1.807) is 0 Å². The number of nitrogens with one attached hydrogen (secondary N) is 1. The number of allylic oxidation sites excluding steroid dienone is 2. The highest BCUT2D eigenvalue weighted by Gasteiger charge is 2.39. The van der Waals surface area contributed by atoms with Crippen LogP contribution in [0, 0.1) is 12.8 Å². The molecule has 2 aliphatic rings. The maximum absolute atomic E-state index is 11.7. The van der Waals surface area contributed by atoms with Crippen LogP contribution in [0.4, 0.5) is 5.69 Å². The van der Waals surface area contributed by atoms with E-state index in [1.807, 2.05) is 30.3 Å². The predicted octanol–water partition coefficient (Wildman–Crippen LogP) is 5.26. The third kappa shape index (κ3) is 2.63. The highest BCUT2D eigenvalue weighted by atomic mass is 35.5. The number of aryl methyl sites for hydroxylation is 1. The molecule has 0 aromatic heterocycles. The van der Waals surface area contributed by atoms with E-state index < -0.39 is 0 Å². The Morgan fingerprint density at radius 1 is 1.20 bits per heavy atom. The normalized spacial score (nSPS) is 23.6. The molecule has 1 heterocycles. The minimum absolute atomic E-state index is 0.191. The third-order valence-corrected chi connectivity index (χ3v) is 5.70. The minimum atomic E-state index is -0.309. The minimum Gasteiger partial charge on any atom is -0.465 e. The summed E-state index contributed by atoms with van der Waals surface area (Å²) in [6.45, 7) is 2.11. The lowest BCUT2D eigenvalue weighted by Crippen LogP contribution is -2.29. The highest BCUT2D eigenvalue weighted by molar-refractivity contribution is 6.32. The topological polar surface area (TPSA) is 38.3 Å². The molecule has 0 amide bonds. The number of ether oxygens (including phenoxy) is 1. The van der Waals surface area contributed by atoms with Gasteiger partial charge in [0.2, 0.25) is 0 Å². The second-order valence-corrected chi connectivity index (χ2v) is 7.15. The molecule has 0 unspecified atom stereocenters. The van der Waals surface area contributed by atoms with Gasteiger partial charge in [-0.2, -0.15) is 0 Å². The smallest absolute Gasteiger partial charge is 0.337 e. The summed E-state index contributed by atoms with van der Waals surface area (Å²) in [6.07, 6.45) is 5.55. The van der Waals surface area contributed by atoms with Crippen molar-refractivity contribution in [3.05, 3.63) is 75.8 Å². The lowest BCUT2D eigenvalue weighted by atomic mass is 9.76. The van der Waals surface area contributed by atoms with E-state index in [9.17, 15) is 4.79 Å². The van der Waals surface area contributed by atoms with E-state index >= 15 is 0 Å². The Kier molecular flexibility index (Phi) is 4.04. The Morgan fingerprint density at radius 3 is 2.68 bits per heavy atom. The van der Waals surface area contributed by atoms with E-state index in [1.165, 1.54) is 23.8 Å².